The Bertz CT molecular complexity index is 255. The minimum absolute atomic E-state index is 0.00256. The Morgan fingerprint density at radius 3 is 2.80 bits per heavy atom. The van der Waals surface area contributed by atoms with Crippen LogP contribution in [0.5, 0.6) is 0 Å². The van der Waals surface area contributed by atoms with E-state index in [1.807, 2.05) is 6.92 Å². The van der Waals surface area contributed by atoms with Crippen molar-refractivity contribution >= 4 is 11.8 Å². The van der Waals surface area contributed by atoms with Crippen molar-refractivity contribution in [2.24, 2.45) is 5.92 Å². The quantitative estimate of drug-likeness (QED) is 0.673. The van der Waals surface area contributed by atoms with E-state index in [0.29, 0.717) is 19.5 Å². The van der Waals surface area contributed by atoms with Crippen LogP contribution in [0.1, 0.15) is 13.3 Å². The van der Waals surface area contributed by atoms with E-state index in [9.17, 15) is 9.59 Å². The van der Waals surface area contributed by atoms with Crippen LogP contribution < -0.4 is 0 Å². The molecule has 0 aromatic carbocycles. The van der Waals surface area contributed by atoms with Crippen LogP contribution in [0.15, 0.2) is 0 Å². The number of carbonyl (C=O) groups is 2. The van der Waals surface area contributed by atoms with Crippen molar-refractivity contribution < 1.29 is 14.7 Å². The topological polar surface area (TPSA) is 60.9 Å². The first-order chi connectivity index (χ1) is 7.08. The van der Waals surface area contributed by atoms with Gasteiger partial charge in [0, 0.05) is 39.1 Å². The molecule has 1 N–H and O–H groups in total. The summed E-state index contributed by atoms with van der Waals surface area (Å²) in [5.74, 6) is -0.0893. The smallest absolute Gasteiger partial charge is 0.241 e. The number of aliphatic hydroxyl groups is 1. The van der Waals surface area contributed by atoms with E-state index in [0.717, 1.165) is 0 Å². The number of rotatable bonds is 4. The highest BCUT2D eigenvalue weighted by atomic mass is 16.3. The summed E-state index contributed by atoms with van der Waals surface area (Å²) in [5, 5.41) is 8.92. The van der Waals surface area contributed by atoms with Crippen LogP contribution in [0.3, 0.4) is 0 Å². The first kappa shape index (κ1) is 12.0. The van der Waals surface area contributed by atoms with Crippen molar-refractivity contribution in [2.45, 2.75) is 13.3 Å². The van der Waals surface area contributed by atoms with Gasteiger partial charge in [-0.05, 0) is 6.92 Å². The second-order valence-electron chi connectivity index (χ2n) is 3.93. The van der Waals surface area contributed by atoms with Crippen molar-refractivity contribution in [2.75, 3.05) is 33.3 Å². The van der Waals surface area contributed by atoms with E-state index in [1.54, 1.807) is 11.9 Å². The first-order valence-corrected chi connectivity index (χ1v) is 5.21. The standard InChI is InChI=1S/C10H18N2O3/c1-3-11(2)10(15)6-12-5-8(7-13)4-9(12)14/h8,13H,3-7H2,1-2H3. The van der Waals surface area contributed by atoms with Gasteiger partial charge >= 0.3 is 0 Å². The van der Waals surface area contributed by atoms with E-state index < -0.39 is 0 Å². The number of hydrogen-bond acceptors (Lipinski definition) is 3. The largest absolute Gasteiger partial charge is 0.396 e. The van der Waals surface area contributed by atoms with E-state index in [1.165, 1.54) is 4.90 Å². The molecule has 15 heavy (non-hydrogen) atoms. The molecule has 1 fully saturated rings. The molecule has 0 aliphatic carbocycles. The van der Waals surface area contributed by atoms with E-state index in [4.69, 9.17) is 5.11 Å². The summed E-state index contributed by atoms with van der Waals surface area (Å²) in [4.78, 5) is 26.1. The minimum atomic E-state index is -0.0514. The van der Waals surface area contributed by atoms with Crippen LogP contribution in [-0.4, -0.2) is 60.0 Å². The Morgan fingerprint density at radius 1 is 1.67 bits per heavy atom. The van der Waals surface area contributed by atoms with Gasteiger partial charge < -0.3 is 14.9 Å². The maximum atomic E-state index is 11.5. The Labute approximate surface area is 89.7 Å². The average Bonchev–Trinajstić information content (AvgIpc) is 2.58. The SMILES string of the molecule is CCN(C)C(=O)CN1CC(CO)CC1=O. The van der Waals surface area contributed by atoms with Gasteiger partial charge in [0.15, 0.2) is 0 Å². The zero-order valence-corrected chi connectivity index (χ0v) is 9.27. The van der Waals surface area contributed by atoms with Crippen LogP contribution in [0.2, 0.25) is 0 Å². The van der Waals surface area contributed by atoms with E-state index in [-0.39, 0.29) is 30.9 Å². The number of hydrogen-bond donors (Lipinski definition) is 1. The molecular formula is C10H18N2O3. The van der Waals surface area contributed by atoms with Gasteiger partial charge in [0.05, 0.1) is 6.54 Å². The van der Waals surface area contributed by atoms with Gasteiger partial charge in [-0.1, -0.05) is 0 Å². The van der Waals surface area contributed by atoms with Crippen LogP contribution in [0.25, 0.3) is 0 Å². The fourth-order valence-corrected chi connectivity index (χ4v) is 1.59. The number of aliphatic hydroxyl groups excluding tert-OH is 1. The number of likely N-dealkylation sites (N-methyl/N-ethyl adjacent to an activating group) is 1. The lowest BCUT2D eigenvalue weighted by atomic mass is 10.1. The molecular weight excluding hydrogens is 196 g/mol. The Morgan fingerprint density at radius 2 is 2.33 bits per heavy atom. The lowest BCUT2D eigenvalue weighted by molar-refractivity contribution is -0.137. The molecule has 0 aromatic heterocycles. The molecule has 1 aliphatic heterocycles. The van der Waals surface area contributed by atoms with E-state index >= 15 is 0 Å². The zero-order valence-electron chi connectivity index (χ0n) is 9.27. The molecule has 5 nitrogen and oxygen atoms in total. The molecule has 0 saturated carbocycles. The van der Waals surface area contributed by atoms with Gasteiger partial charge in [0.2, 0.25) is 11.8 Å². The molecule has 1 unspecified atom stereocenters. The molecule has 0 radical (unpaired) electrons. The predicted molar refractivity (Wildman–Crippen MR) is 55.1 cm³/mol. The molecule has 1 aliphatic rings. The normalized spacial score (nSPS) is 20.9. The van der Waals surface area contributed by atoms with Crippen LogP contribution >= 0.6 is 0 Å². The van der Waals surface area contributed by atoms with Gasteiger partial charge in [0.25, 0.3) is 0 Å². The molecule has 1 rings (SSSR count). The second-order valence-corrected chi connectivity index (χ2v) is 3.93. The molecule has 1 heterocycles. The second kappa shape index (κ2) is 5.11. The predicted octanol–water partition coefficient (Wildman–Crippen LogP) is -0.694. The molecule has 1 saturated heterocycles. The number of carbonyl (C=O) groups excluding carboxylic acids is 2. The van der Waals surface area contributed by atoms with Gasteiger partial charge in [-0.2, -0.15) is 0 Å². The number of amides is 2. The van der Waals surface area contributed by atoms with E-state index in [2.05, 4.69) is 0 Å². The molecule has 1 atom stereocenters. The van der Waals surface area contributed by atoms with Crippen LogP contribution in [-0.2, 0) is 9.59 Å². The van der Waals surface area contributed by atoms with Crippen molar-refractivity contribution in [1.82, 2.24) is 9.80 Å². The Hall–Kier alpha value is -1.10. The molecule has 0 spiro atoms. The lowest BCUT2D eigenvalue weighted by Gasteiger charge is -2.20. The summed E-state index contributed by atoms with van der Waals surface area (Å²) in [7, 11) is 1.71. The zero-order chi connectivity index (χ0) is 11.4. The highest BCUT2D eigenvalue weighted by molar-refractivity contribution is 5.86. The summed E-state index contributed by atoms with van der Waals surface area (Å²) in [6.45, 7) is 3.18. The summed E-state index contributed by atoms with van der Waals surface area (Å²) < 4.78 is 0. The third-order valence-corrected chi connectivity index (χ3v) is 2.78. The van der Waals surface area contributed by atoms with Crippen LogP contribution in [0, 0.1) is 5.92 Å². The minimum Gasteiger partial charge on any atom is -0.396 e. The summed E-state index contributed by atoms with van der Waals surface area (Å²) in [6.07, 6.45) is 0.361. The van der Waals surface area contributed by atoms with Gasteiger partial charge in [-0.25, -0.2) is 0 Å². The number of likely N-dealkylation sites (tertiary alicyclic amines) is 1. The summed E-state index contributed by atoms with van der Waals surface area (Å²) in [5.41, 5.74) is 0. The fraction of sp³-hybridized carbons (Fsp3) is 0.800. The molecule has 2 amide bonds. The molecule has 0 bridgehead atoms. The van der Waals surface area contributed by atoms with Crippen molar-refractivity contribution in [3.05, 3.63) is 0 Å². The highest BCUT2D eigenvalue weighted by Gasteiger charge is 2.30. The maximum Gasteiger partial charge on any atom is 0.241 e. The van der Waals surface area contributed by atoms with Crippen molar-refractivity contribution in [1.29, 1.82) is 0 Å². The maximum absolute atomic E-state index is 11.5. The lowest BCUT2D eigenvalue weighted by Crippen LogP contribution is -2.39. The fourth-order valence-electron chi connectivity index (χ4n) is 1.59. The Balaban J connectivity index is 2.46. The Kier molecular flexibility index (Phi) is 4.08. The van der Waals surface area contributed by atoms with Crippen molar-refractivity contribution in [3.63, 3.8) is 0 Å². The summed E-state index contributed by atoms with van der Waals surface area (Å²) >= 11 is 0. The van der Waals surface area contributed by atoms with Gasteiger partial charge in [0.1, 0.15) is 0 Å². The highest BCUT2D eigenvalue weighted by Crippen LogP contribution is 2.16. The van der Waals surface area contributed by atoms with Crippen LogP contribution in [0.4, 0.5) is 0 Å². The third kappa shape index (κ3) is 2.92. The third-order valence-electron chi connectivity index (χ3n) is 2.78. The first-order valence-electron chi connectivity index (χ1n) is 5.21. The average molecular weight is 214 g/mol. The summed E-state index contributed by atoms with van der Waals surface area (Å²) in [6, 6.07) is 0. The molecule has 5 heteroatoms. The molecule has 0 aromatic rings. The monoisotopic (exact) mass is 214 g/mol. The number of nitrogens with zero attached hydrogens (tertiary/aromatic N) is 2. The van der Waals surface area contributed by atoms with Crippen molar-refractivity contribution in [3.8, 4) is 0 Å². The molecule has 86 valence electrons. The van der Waals surface area contributed by atoms with Gasteiger partial charge in [-0.3, -0.25) is 9.59 Å². The van der Waals surface area contributed by atoms with Gasteiger partial charge in [-0.15, -0.1) is 0 Å².